The summed E-state index contributed by atoms with van der Waals surface area (Å²) >= 11 is 0. The summed E-state index contributed by atoms with van der Waals surface area (Å²) < 4.78 is 23.2. The Morgan fingerprint density at radius 2 is 2.22 bits per heavy atom. The molecule has 1 aromatic rings. The van der Waals surface area contributed by atoms with E-state index >= 15 is 0 Å². The van der Waals surface area contributed by atoms with E-state index in [1.165, 1.54) is 19.2 Å². The van der Waals surface area contributed by atoms with E-state index in [0.29, 0.717) is 6.61 Å². The van der Waals surface area contributed by atoms with Gasteiger partial charge in [-0.05, 0) is 18.2 Å². The molecular weight excluding hydrogens is 239 g/mol. The molecule has 0 aliphatic carbocycles. The van der Waals surface area contributed by atoms with Gasteiger partial charge in [0.2, 0.25) is 0 Å². The number of hydrogen-bond donors (Lipinski definition) is 2. The lowest BCUT2D eigenvalue weighted by atomic mass is 10.2. The predicted molar refractivity (Wildman–Crippen MR) is 65.8 cm³/mol. The van der Waals surface area contributed by atoms with Crippen LogP contribution in [0.3, 0.4) is 0 Å². The third-order valence-corrected chi connectivity index (χ3v) is 2.44. The Morgan fingerprint density at radius 3 is 2.78 bits per heavy atom. The zero-order valence-electron chi connectivity index (χ0n) is 10.4. The fourth-order valence-corrected chi connectivity index (χ4v) is 1.37. The van der Waals surface area contributed by atoms with Gasteiger partial charge in [-0.1, -0.05) is 0 Å². The Kier molecular flexibility index (Phi) is 5.54. The van der Waals surface area contributed by atoms with Crippen LogP contribution in [0.5, 0.6) is 0 Å². The van der Waals surface area contributed by atoms with Crippen LogP contribution in [0.25, 0.3) is 0 Å². The molecule has 0 aliphatic rings. The quantitative estimate of drug-likeness (QED) is 0.738. The van der Waals surface area contributed by atoms with Crippen molar-refractivity contribution in [2.24, 2.45) is 0 Å². The van der Waals surface area contributed by atoms with E-state index in [0.717, 1.165) is 6.07 Å². The molecule has 1 aromatic carbocycles. The van der Waals surface area contributed by atoms with Crippen molar-refractivity contribution in [1.82, 2.24) is 5.32 Å². The van der Waals surface area contributed by atoms with Gasteiger partial charge in [-0.15, -0.1) is 0 Å². The number of benzene rings is 1. The highest BCUT2D eigenvalue weighted by molar-refractivity contribution is 5.94. The molecule has 18 heavy (non-hydrogen) atoms. The number of amides is 1. The second-order valence-corrected chi connectivity index (χ2v) is 3.76. The maximum absolute atomic E-state index is 13.2. The minimum absolute atomic E-state index is 0.0145. The fourth-order valence-electron chi connectivity index (χ4n) is 1.37. The fraction of sp³-hybridized carbons (Fsp3) is 0.417. The van der Waals surface area contributed by atoms with Gasteiger partial charge in [0.1, 0.15) is 5.82 Å². The average Bonchev–Trinajstić information content (AvgIpc) is 2.37. The number of carbonyl (C=O) groups is 1. The Balaban J connectivity index is 2.57. The maximum atomic E-state index is 13.2. The number of nitrogens with two attached hydrogens (primary N) is 1. The van der Waals surface area contributed by atoms with E-state index in [-0.39, 0.29) is 29.8 Å². The number of hydrogen-bond acceptors (Lipinski definition) is 4. The van der Waals surface area contributed by atoms with Crippen LogP contribution in [0, 0.1) is 5.82 Å². The van der Waals surface area contributed by atoms with Crippen LogP contribution in [0.4, 0.5) is 10.1 Å². The highest BCUT2D eigenvalue weighted by Gasteiger charge is 2.11. The minimum Gasteiger partial charge on any atom is -0.396 e. The van der Waals surface area contributed by atoms with E-state index in [9.17, 15) is 9.18 Å². The molecular formula is C12H17FN2O3. The number of carbonyl (C=O) groups excluding carboxylic acids is 1. The molecule has 0 fully saturated rings. The predicted octanol–water partition coefficient (Wildman–Crippen LogP) is 0.799. The number of anilines is 1. The van der Waals surface area contributed by atoms with Gasteiger partial charge in [0.05, 0.1) is 18.4 Å². The summed E-state index contributed by atoms with van der Waals surface area (Å²) in [5.74, 6) is -0.991. The molecule has 0 bridgehead atoms. The maximum Gasteiger partial charge on any atom is 0.251 e. The van der Waals surface area contributed by atoms with E-state index in [4.69, 9.17) is 15.2 Å². The van der Waals surface area contributed by atoms with Crippen molar-refractivity contribution in [1.29, 1.82) is 0 Å². The van der Waals surface area contributed by atoms with E-state index < -0.39 is 5.82 Å². The molecule has 3 N–H and O–H groups in total. The molecule has 0 heterocycles. The van der Waals surface area contributed by atoms with Gasteiger partial charge >= 0.3 is 0 Å². The molecule has 0 radical (unpaired) electrons. The third-order valence-electron chi connectivity index (χ3n) is 2.44. The van der Waals surface area contributed by atoms with Crippen LogP contribution in [0.1, 0.15) is 10.4 Å². The Hall–Kier alpha value is -1.66. The minimum atomic E-state index is -0.608. The first-order valence-corrected chi connectivity index (χ1v) is 5.43. The zero-order valence-corrected chi connectivity index (χ0v) is 10.4. The average molecular weight is 256 g/mol. The summed E-state index contributed by atoms with van der Waals surface area (Å²) in [6, 6.07) is 3.92. The van der Waals surface area contributed by atoms with Gasteiger partial charge in [-0.25, -0.2) is 4.39 Å². The number of methoxy groups -OCH3 is 2. The summed E-state index contributed by atoms with van der Waals surface area (Å²) in [6.07, 6.45) is -0.238. The van der Waals surface area contributed by atoms with Crippen molar-refractivity contribution in [3.8, 4) is 0 Å². The summed E-state index contributed by atoms with van der Waals surface area (Å²) in [6.45, 7) is 0.655. The molecule has 1 atom stereocenters. The van der Waals surface area contributed by atoms with Crippen LogP contribution >= 0.6 is 0 Å². The number of nitrogen functional groups attached to an aromatic ring is 1. The summed E-state index contributed by atoms with van der Waals surface area (Å²) in [5.41, 5.74) is 5.56. The highest BCUT2D eigenvalue weighted by atomic mass is 19.1. The number of halogens is 1. The van der Waals surface area contributed by atoms with Gasteiger partial charge in [0, 0.05) is 26.3 Å². The molecule has 0 aromatic heterocycles. The molecule has 0 saturated carbocycles. The Labute approximate surface area is 105 Å². The van der Waals surface area contributed by atoms with Gasteiger partial charge < -0.3 is 20.5 Å². The second kappa shape index (κ2) is 6.93. The molecule has 5 nitrogen and oxygen atoms in total. The van der Waals surface area contributed by atoms with E-state index in [2.05, 4.69) is 5.32 Å². The standard InChI is InChI=1S/C12H17FN2O3/c1-17-7-9(18-2)6-15-12(16)8-3-4-11(14)10(13)5-8/h3-5,9H,6-7,14H2,1-2H3,(H,15,16). The lowest BCUT2D eigenvalue weighted by Gasteiger charge is -2.15. The molecule has 1 unspecified atom stereocenters. The molecule has 1 rings (SSSR count). The lowest BCUT2D eigenvalue weighted by molar-refractivity contribution is 0.0285. The first kappa shape index (κ1) is 14.4. The van der Waals surface area contributed by atoms with Crippen LogP contribution < -0.4 is 11.1 Å². The molecule has 0 saturated heterocycles. The third kappa shape index (κ3) is 3.97. The van der Waals surface area contributed by atoms with Crippen LogP contribution in [0.15, 0.2) is 18.2 Å². The summed E-state index contributed by atoms with van der Waals surface area (Å²) in [7, 11) is 3.07. The molecule has 1 amide bonds. The Morgan fingerprint density at radius 1 is 1.50 bits per heavy atom. The highest BCUT2D eigenvalue weighted by Crippen LogP contribution is 2.11. The van der Waals surface area contributed by atoms with Gasteiger partial charge in [0.25, 0.3) is 5.91 Å². The molecule has 6 heteroatoms. The van der Waals surface area contributed by atoms with Crippen molar-refractivity contribution < 1.29 is 18.7 Å². The topological polar surface area (TPSA) is 73.6 Å². The molecule has 0 aliphatic heterocycles. The summed E-state index contributed by atoms with van der Waals surface area (Å²) in [4.78, 5) is 11.7. The van der Waals surface area contributed by atoms with E-state index in [1.54, 1.807) is 7.11 Å². The van der Waals surface area contributed by atoms with E-state index in [1.807, 2.05) is 0 Å². The second-order valence-electron chi connectivity index (χ2n) is 3.76. The first-order chi connectivity index (χ1) is 8.58. The molecule has 100 valence electrons. The van der Waals surface area contributed by atoms with Gasteiger partial charge in [-0.3, -0.25) is 4.79 Å². The van der Waals surface area contributed by atoms with Crippen molar-refractivity contribution in [2.75, 3.05) is 33.1 Å². The van der Waals surface area contributed by atoms with Crippen LogP contribution in [-0.4, -0.2) is 39.4 Å². The largest absolute Gasteiger partial charge is 0.396 e. The van der Waals surface area contributed by atoms with Crippen molar-refractivity contribution in [3.63, 3.8) is 0 Å². The Bertz CT molecular complexity index is 412. The molecule has 0 spiro atoms. The first-order valence-electron chi connectivity index (χ1n) is 5.43. The normalized spacial score (nSPS) is 12.2. The SMILES string of the molecule is COCC(CNC(=O)c1ccc(N)c(F)c1)OC. The number of nitrogens with one attached hydrogen (secondary N) is 1. The lowest BCUT2D eigenvalue weighted by Crippen LogP contribution is -2.35. The van der Waals surface area contributed by atoms with Crippen molar-refractivity contribution >= 4 is 11.6 Å². The van der Waals surface area contributed by atoms with Crippen molar-refractivity contribution in [2.45, 2.75) is 6.10 Å². The van der Waals surface area contributed by atoms with Crippen LogP contribution in [0.2, 0.25) is 0 Å². The monoisotopic (exact) mass is 256 g/mol. The smallest absolute Gasteiger partial charge is 0.251 e. The van der Waals surface area contributed by atoms with Gasteiger partial charge in [0.15, 0.2) is 0 Å². The zero-order chi connectivity index (χ0) is 13.5. The van der Waals surface area contributed by atoms with Crippen molar-refractivity contribution in [3.05, 3.63) is 29.6 Å². The van der Waals surface area contributed by atoms with Gasteiger partial charge in [-0.2, -0.15) is 0 Å². The summed E-state index contributed by atoms with van der Waals surface area (Å²) in [5, 5.41) is 2.63. The number of rotatable bonds is 6. The number of ether oxygens (including phenoxy) is 2. The van der Waals surface area contributed by atoms with Crippen LogP contribution in [-0.2, 0) is 9.47 Å².